The van der Waals surface area contributed by atoms with Gasteiger partial charge in [-0.25, -0.2) is 0 Å². The number of piperidine rings is 1. The first-order chi connectivity index (χ1) is 9.20. The van der Waals surface area contributed by atoms with Crippen LogP contribution in [0, 0.1) is 4.77 Å². The van der Waals surface area contributed by atoms with Crippen LogP contribution in [0.1, 0.15) is 18.9 Å². The number of aromatic amines is 1. The van der Waals surface area contributed by atoms with Crippen LogP contribution < -0.4 is 4.74 Å². The Morgan fingerprint density at radius 3 is 3.00 bits per heavy atom. The fourth-order valence-corrected chi connectivity index (χ4v) is 3.35. The molecule has 1 aliphatic heterocycles. The van der Waals surface area contributed by atoms with E-state index in [4.69, 9.17) is 17.0 Å². The summed E-state index contributed by atoms with van der Waals surface area (Å²) in [5, 5.41) is 0. The number of nitrogens with one attached hydrogen (secondary N) is 1. The van der Waals surface area contributed by atoms with E-state index in [-0.39, 0.29) is 0 Å². The van der Waals surface area contributed by atoms with Crippen molar-refractivity contribution in [3.8, 4) is 5.75 Å². The van der Waals surface area contributed by atoms with Crippen LogP contribution in [-0.4, -0.2) is 41.7 Å². The molecule has 0 spiro atoms. The van der Waals surface area contributed by atoms with Crippen molar-refractivity contribution in [2.45, 2.75) is 18.9 Å². The molecule has 5 heteroatoms. The third-order valence-corrected chi connectivity index (χ3v) is 4.20. The maximum atomic E-state index is 5.51. The first-order valence-corrected chi connectivity index (χ1v) is 7.07. The number of hydrogen-bond donors (Lipinski definition) is 1. The second-order valence-electron chi connectivity index (χ2n) is 5.21. The monoisotopic (exact) mass is 277 g/mol. The molecule has 1 aromatic heterocycles. The van der Waals surface area contributed by atoms with Gasteiger partial charge in [0.2, 0.25) is 0 Å². The Balaban J connectivity index is 2.13. The third-order valence-electron chi connectivity index (χ3n) is 3.90. The zero-order chi connectivity index (χ0) is 13.4. The molecule has 0 aliphatic carbocycles. The van der Waals surface area contributed by atoms with E-state index in [0.717, 1.165) is 28.1 Å². The smallest absolute Gasteiger partial charge is 0.178 e. The standard InChI is InChI=1S/C14H19N3OS/c1-16-8-4-5-10(9-16)17-11-6-3-7-12(18-2)13(11)15-14(17)19/h3,6-7,10H,4-5,8-9H2,1-2H3,(H,15,19). The van der Waals surface area contributed by atoms with E-state index in [1.54, 1.807) is 7.11 Å². The van der Waals surface area contributed by atoms with E-state index in [1.165, 1.54) is 19.4 Å². The molecule has 0 saturated carbocycles. The van der Waals surface area contributed by atoms with Gasteiger partial charge in [0.15, 0.2) is 4.77 Å². The van der Waals surface area contributed by atoms with E-state index < -0.39 is 0 Å². The Bertz CT molecular complexity index is 646. The Morgan fingerprint density at radius 1 is 1.42 bits per heavy atom. The van der Waals surface area contributed by atoms with Gasteiger partial charge in [0.1, 0.15) is 11.3 Å². The highest BCUT2D eigenvalue weighted by atomic mass is 32.1. The molecule has 0 radical (unpaired) electrons. The molecule has 1 aliphatic rings. The summed E-state index contributed by atoms with van der Waals surface area (Å²) in [6, 6.07) is 6.54. The van der Waals surface area contributed by atoms with Crippen LogP contribution in [0.3, 0.4) is 0 Å². The van der Waals surface area contributed by atoms with Gasteiger partial charge in [0.25, 0.3) is 0 Å². The van der Waals surface area contributed by atoms with E-state index in [0.29, 0.717) is 6.04 Å². The maximum absolute atomic E-state index is 5.51. The van der Waals surface area contributed by atoms with Crippen LogP contribution in [0.25, 0.3) is 11.0 Å². The number of rotatable bonds is 2. The van der Waals surface area contributed by atoms with E-state index in [1.807, 2.05) is 12.1 Å². The number of imidazole rings is 1. The number of hydrogen-bond acceptors (Lipinski definition) is 3. The van der Waals surface area contributed by atoms with Crippen molar-refractivity contribution in [1.82, 2.24) is 14.5 Å². The van der Waals surface area contributed by atoms with Gasteiger partial charge in [0.05, 0.1) is 12.6 Å². The normalized spacial score (nSPS) is 20.8. The van der Waals surface area contributed by atoms with Gasteiger partial charge in [-0.2, -0.15) is 0 Å². The minimum absolute atomic E-state index is 0.451. The summed E-state index contributed by atoms with van der Waals surface area (Å²) < 4.78 is 8.45. The first kappa shape index (κ1) is 12.7. The summed E-state index contributed by atoms with van der Waals surface area (Å²) >= 11 is 5.51. The highest BCUT2D eigenvalue weighted by Crippen LogP contribution is 2.30. The number of aromatic nitrogens is 2. The molecule has 2 heterocycles. The Labute approximate surface area is 118 Å². The topological polar surface area (TPSA) is 33.2 Å². The molecule has 0 bridgehead atoms. The number of ether oxygens (including phenoxy) is 1. The van der Waals surface area contributed by atoms with Gasteiger partial charge in [-0.1, -0.05) is 6.07 Å². The summed E-state index contributed by atoms with van der Waals surface area (Å²) in [6.07, 6.45) is 2.41. The highest BCUT2D eigenvalue weighted by molar-refractivity contribution is 7.71. The number of methoxy groups -OCH3 is 1. The molecule has 4 nitrogen and oxygen atoms in total. The molecule has 19 heavy (non-hydrogen) atoms. The zero-order valence-electron chi connectivity index (χ0n) is 11.3. The minimum atomic E-state index is 0.451. The Kier molecular flexibility index (Phi) is 3.33. The second kappa shape index (κ2) is 4.98. The van der Waals surface area contributed by atoms with Crippen LogP contribution in [-0.2, 0) is 0 Å². The number of likely N-dealkylation sites (N-methyl/N-ethyl adjacent to an activating group) is 1. The summed E-state index contributed by atoms with van der Waals surface area (Å²) in [7, 11) is 3.86. The minimum Gasteiger partial charge on any atom is -0.494 e. The van der Waals surface area contributed by atoms with E-state index >= 15 is 0 Å². The van der Waals surface area contributed by atoms with Gasteiger partial charge >= 0.3 is 0 Å². The first-order valence-electron chi connectivity index (χ1n) is 6.66. The van der Waals surface area contributed by atoms with Gasteiger partial charge in [-0.15, -0.1) is 0 Å². The molecule has 1 unspecified atom stereocenters. The van der Waals surface area contributed by atoms with Crippen molar-refractivity contribution in [2.75, 3.05) is 27.2 Å². The maximum Gasteiger partial charge on any atom is 0.178 e. The predicted octanol–water partition coefficient (Wildman–Crippen LogP) is 2.97. The molecular weight excluding hydrogens is 258 g/mol. The van der Waals surface area contributed by atoms with Crippen molar-refractivity contribution in [2.24, 2.45) is 0 Å². The second-order valence-corrected chi connectivity index (χ2v) is 5.60. The summed E-state index contributed by atoms with van der Waals surface area (Å²) in [4.78, 5) is 5.66. The largest absolute Gasteiger partial charge is 0.494 e. The predicted molar refractivity (Wildman–Crippen MR) is 79.4 cm³/mol. The van der Waals surface area contributed by atoms with Gasteiger partial charge in [0, 0.05) is 12.6 Å². The van der Waals surface area contributed by atoms with Crippen LogP contribution in [0.2, 0.25) is 0 Å². The molecule has 1 saturated heterocycles. The number of nitrogens with zero attached hydrogens (tertiary/aromatic N) is 2. The zero-order valence-corrected chi connectivity index (χ0v) is 12.2. The Hall–Kier alpha value is -1.33. The van der Waals surface area contributed by atoms with E-state index in [9.17, 15) is 0 Å². The van der Waals surface area contributed by atoms with Crippen LogP contribution in [0.15, 0.2) is 18.2 Å². The molecule has 0 amide bonds. The van der Waals surface area contributed by atoms with Crippen molar-refractivity contribution < 1.29 is 4.74 Å². The van der Waals surface area contributed by atoms with Gasteiger partial charge in [-0.05, 0) is 50.8 Å². The number of fused-ring (bicyclic) bond motifs is 1. The highest BCUT2D eigenvalue weighted by Gasteiger charge is 2.21. The average Bonchev–Trinajstić information content (AvgIpc) is 2.74. The van der Waals surface area contributed by atoms with Crippen LogP contribution in [0.4, 0.5) is 0 Å². The van der Waals surface area contributed by atoms with Crippen molar-refractivity contribution >= 4 is 23.3 Å². The number of H-pyrrole nitrogens is 1. The molecule has 1 atom stereocenters. The lowest BCUT2D eigenvalue weighted by molar-refractivity contribution is 0.214. The summed E-state index contributed by atoms with van der Waals surface area (Å²) in [6.45, 7) is 2.23. The number of benzene rings is 1. The molecule has 102 valence electrons. The quantitative estimate of drug-likeness (QED) is 0.857. The lowest BCUT2D eigenvalue weighted by Gasteiger charge is -2.30. The third kappa shape index (κ3) is 2.17. The molecule has 1 aromatic carbocycles. The lowest BCUT2D eigenvalue weighted by Crippen LogP contribution is -2.33. The number of para-hydroxylation sites is 1. The lowest BCUT2D eigenvalue weighted by atomic mass is 10.1. The molecule has 2 aromatic rings. The Morgan fingerprint density at radius 2 is 2.26 bits per heavy atom. The molecule has 1 N–H and O–H groups in total. The average molecular weight is 277 g/mol. The SMILES string of the molecule is COc1cccc2c1[nH]c(=S)n2C1CCCN(C)C1. The van der Waals surface area contributed by atoms with Gasteiger partial charge < -0.3 is 19.2 Å². The molecule has 3 rings (SSSR count). The van der Waals surface area contributed by atoms with Crippen molar-refractivity contribution in [3.63, 3.8) is 0 Å². The van der Waals surface area contributed by atoms with Crippen LogP contribution in [0.5, 0.6) is 5.75 Å². The number of likely N-dealkylation sites (tertiary alicyclic amines) is 1. The van der Waals surface area contributed by atoms with Crippen LogP contribution >= 0.6 is 12.2 Å². The molecular formula is C14H19N3OS. The van der Waals surface area contributed by atoms with Gasteiger partial charge in [-0.3, -0.25) is 0 Å². The molecule has 1 fully saturated rings. The summed E-state index contributed by atoms with van der Waals surface area (Å²) in [5.41, 5.74) is 2.15. The fourth-order valence-electron chi connectivity index (χ4n) is 3.01. The fraction of sp³-hybridized carbons (Fsp3) is 0.500. The summed E-state index contributed by atoms with van der Waals surface area (Å²) in [5.74, 6) is 0.853. The van der Waals surface area contributed by atoms with Crippen molar-refractivity contribution in [1.29, 1.82) is 0 Å². The van der Waals surface area contributed by atoms with E-state index in [2.05, 4.69) is 27.6 Å². The van der Waals surface area contributed by atoms with Crippen molar-refractivity contribution in [3.05, 3.63) is 23.0 Å².